The zero-order chi connectivity index (χ0) is 35.4. The Labute approximate surface area is 220 Å². The Hall–Kier alpha value is -3.86. The lowest BCUT2D eigenvalue weighted by molar-refractivity contribution is -0.117. The van der Waals surface area contributed by atoms with E-state index in [9.17, 15) is 4.79 Å². The molecule has 0 spiro atoms. The SMILES string of the molecule is [2H]C([2H])([2H])C([2H])([2H])Nc1ncc(-c2nc3ccc(N4C([2H])([2H])C([2H])([2H])OC([2H])([2H])C4([2H])[2H])cn3n2)c2cc(NC(=O)[C@H]3C[C@H]3C)nnc12. The molecule has 5 heterocycles. The smallest absolute Gasteiger partial charge is 0.228 e. The summed E-state index contributed by atoms with van der Waals surface area (Å²) < 4.78 is 110. The summed E-state index contributed by atoms with van der Waals surface area (Å²) in [5, 5.41) is 17.6. The molecule has 1 saturated heterocycles. The average Bonchev–Trinajstić information content (AvgIpc) is 3.53. The van der Waals surface area contributed by atoms with Crippen molar-refractivity contribution in [1.29, 1.82) is 0 Å². The first kappa shape index (κ1) is 11.7. The molecule has 2 aliphatic rings. The molecule has 2 atom stereocenters. The van der Waals surface area contributed by atoms with Crippen LogP contribution in [0.15, 0.2) is 30.6 Å². The lowest BCUT2D eigenvalue weighted by Crippen LogP contribution is -2.36. The van der Waals surface area contributed by atoms with Crippen LogP contribution in [-0.2, 0) is 9.53 Å². The van der Waals surface area contributed by atoms with Gasteiger partial charge in [-0.25, -0.2) is 14.5 Å². The van der Waals surface area contributed by atoms with Gasteiger partial charge in [0.2, 0.25) is 5.91 Å². The van der Waals surface area contributed by atoms with Gasteiger partial charge in [0.15, 0.2) is 23.1 Å². The van der Waals surface area contributed by atoms with E-state index in [-0.39, 0.29) is 63.0 Å². The fraction of sp³-hybridized carbons (Fsp3) is 0.417. The highest BCUT2D eigenvalue weighted by Gasteiger charge is 2.39. The Morgan fingerprint density at radius 2 is 2.20 bits per heavy atom. The fourth-order valence-corrected chi connectivity index (χ4v) is 3.77. The second kappa shape index (κ2) is 8.73. The number of anilines is 3. The number of ether oxygens (including phenoxy) is 1. The minimum absolute atomic E-state index is 0.0326. The molecule has 4 aromatic heterocycles. The quantitative estimate of drug-likeness (QED) is 0.423. The van der Waals surface area contributed by atoms with E-state index < -0.39 is 39.5 Å². The molecule has 4 aromatic rings. The first-order chi connectivity index (χ1) is 22.0. The third kappa shape index (κ3) is 4.12. The minimum Gasteiger partial charge on any atom is -0.378 e. The van der Waals surface area contributed by atoms with Gasteiger partial charge in [0.1, 0.15) is 5.52 Å². The molecule has 0 aromatic carbocycles. The average molecular weight is 487 g/mol. The Kier molecular flexibility index (Phi) is 2.92. The van der Waals surface area contributed by atoms with Gasteiger partial charge in [0.25, 0.3) is 0 Å². The Morgan fingerprint density at radius 1 is 1.34 bits per heavy atom. The van der Waals surface area contributed by atoms with E-state index in [0.29, 0.717) is 11.3 Å². The maximum atomic E-state index is 12.6. The maximum Gasteiger partial charge on any atom is 0.228 e. The van der Waals surface area contributed by atoms with Crippen LogP contribution in [0.25, 0.3) is 27.9 Å². The fourth-order valence-electron chi connectivity index (χ4n) is 3.77. The van der Waals surface area contributed by atoms with Crippen LogP contribution in [0, 0.1) is 11.8 Å². The summed E-state index contributed by atoms with van der Waals surface area (Å²) in [6.07, 6.45) is 3.04. The highest BCUT2D eigenvalue weighted by Crippen LogP contribution is 2.38. The van der Waals surface area contributed by atoms with E-state index in [1.165, 1.54) is 24.4 Å². The van der Waals surface area contributed by atoms with Crippen molar-refractivity contribution >= 4 is 39.8 Å². The van der Waals surface area contributed by atoms with Crippen molar-refractivity contribution in [2.75, 3.05) is 48.1 Å². The molecule has 2 N–H and O–H groups in total. The number of nitrogens with zero attached hydrogens (tertiary/aromatic N) is 7. The van der Waals surface area contributed by atoms with Gasteiger partial charge in [-0.15, -0.1) is 15.3 Å². The van der Waals surface area contributed by atoms with Crippen LogP contribution in [0.2, 0.25) is 0 Å². The zero-order valence-corrected chi connectivity index (χ0v) is 18.2. The van der Waals surface area contributed by atoms with E-state index in [1.54, 1.807) is 0 Å². The molecule has 11 nitrogen and oxygen atoms in total. The number of carbonyl (C=O) groups is 1. The van der Waals surface area contributed by atoms with Crippen molar-refractivity contribution in [2.45, 2.75) is 20.2 Å². The van der Waals surface area contributed by atoms with Crippen LogP contribution in [-0.4, -0.2) is 68.3 Å². The molecule has 0 radical (unpaired) electrons. The molecule has 0 bridgehead atoms. The van der Waals surface area contributed by atoms with Crippen LogP contribution >= 0.6 is 0 Å². The summed E-state index contributed by atoms with van der Waals surface area (Å²) in [4.78, 5) is 21.5. The summed E-state index contributed by atoms with van der Waals surface area (Å²) in [6, 6.07) is 3.94. The number of hydrogen-bond acceptors (Lipinski definition) is 9. The van der Waals surface area contributed by atoms with Crippen LogP contribution in [0.5, 0.6) is 0 Å². The molecule has 6 rings (SSSR count). The predicted octanol–water partition coefficient (Wildman–Crippen LogP) is 2.60. The summed E-state index contributed by atoms with van der Waals surface area (Å²) in [6.45, 7) is -17.0. The van der Waals surface area contributed by atoms with Gasteiger partial charge in [0.05, 0.1) is 36.0 Å². The molecular formula is C24H27N9O2. The molecule has 1 amide bonds. The second-order valence-corrected chi connectivity index (χ2v) is 8.06. The van der Waals surface area contributed by atoms with Crippen molar-refractivity contribution < 1.29 is 27.4 Å². The lowest BCUT2D eigenvalue weighted by Gasteiger charge is -2.28. The predicted molar refractivity (Wildman–Crippen MR) is 132 cm³/mol. The second-order valence-electron chi connectivity index (χ2n) is 8.06. The third-order valence-corrected chi connectivity index (χ3v) is 5.74. The topological polar surface area (TPSA) is 122 Å². The van der Waals surface area contributed by atoms with Crippen LogP contribution < -0.4 is 15.5 Å². The van der Waals surface area contributed by atoms with Crippen molar-refractivity contribution in [1.82, 2.24) is 29.8 Å². The highest BCUT2D eigenvalue weighted by molar-refractivity contribution is 6.01. The number of fused-ring (bicyclic) bond motifs is 2. The van der Waals surface area contributed by atoms with Gasteiger partial charge in [-0.2, -0.15) is 0 Å². The van der Waals surface area contributed by atoms with Crippen molar-refractivity contribution in [3.8, 4) is 11.4 Å². The molecule has 1 aliphatic carbocycles. The van der Waals surface area contributed by atoms with E-state index >= 15 is 0 Å². The number of pyridine rings is 2. The molecule has 2 fully saturated rings. The van der Waals surface area contributed by atoms with Crippen molar-refractivity contribution in [3.05, 3.63) is 30.6 Å². The number of rotatable bonds is 6. The molecule has 180 valence electrons. The van der Waals surface area contributed by atoms with Gasteiger partial charge in [-0.1, -0.05) is 6.92 Å². The number of amides is 1. The summed E-state index contributed by atoms with van der Waals surface area (Å²) in [7, 11) is 0. The third-order valence-electron chi connectivity index (χ3n) is 5.74. The molecular weight excluding hydrogens is 446 g/mol. The summed E-state index contributed by atoms with van der Waals surface area (Å²) in [5.74, 6) is -0.554. The van der Waals surface area contributed by atoms with Crippen molar-refractivity contribution in [3.63, 3.8) is 0 Å². The van der Waals surface area contributed by atoms with Gasteiger partial charge < -0.3 is 20.3 Å². The Bertz CT molecular complexity index is 1920. The zero-order valence-electron chi connectivity index (χ0n) is 31.2. The maximum absolute atomic E-state index is 12.6. The first-order valence-corrected chi connectivity index (χ1v) is 10.6. The molecule has 11 heteroatoms. The number of carbonyl (C=O) groups excluding carboxylic acids is 1. The van der Waals surface area contributed by atoms with Crippen molar-refractivity contribution in [2.24, 2.45) is 11.8 Å². The normalized spacial score (nSPS) is 31.8. The van der Waals surface area contributed by atoms with Gasteiger partial charge in [-0.3, -0.25) is 4.79 Å². The van der Waals surface area contributed by atoms with Gasteiger partial charge >= 0.3 is 0 Å². The van der Waals surface area contributed by atoms with Crippen LogP contribution in [0.3, 0.4) is 0 Å². The molecule has 1 saturated carbocycles. The highest BCUT2D eigenvalue weighted by atomic mass is 16.5. The monoisotopic (exact) mass is 486 g/mol. The van der Waals surface area contributed by atoms with Crippen LogP contribution in [0.4, 0.5) is 17.3 Å². The standard InChI is InChI=1S/C24H27N9O2/c1-3-25-23-21-17(11-19(29-30-21)27-24(34)16-10-14(16)2)18(12-26-23)22-28-20-5-4-15(13-33(20)31-22)32-6-8-35-9-7-32/h4-5,11-14,16H,3,6-10H2,1-2H3,(H,25,26)(H,27,29,34)/t14-,16+/m1/s1/i1D3,3D2,6D2,7D2,8D2,9D2. The number of hydrogen-bond donors (Lipinski definition) is 2. The van der Waals surface area contributed by atoms with E-state index in [0.717, 1.165) is 10.7 Å². The minimum atomic E-state index is -3.27. The number of morpholine rings is 1. The van der Waals surface area contributed by atoms with E-state index in [2.05, 4.69) is 40.6 Å². The molecule has 1 aliphatic heterocycles. The van der Waals surface area contributed by atoms with E-state index in [4.69, 9.17) is 17.8 Å². The summed E-state index contributed by atoms with van der Waals surface area (Å²) >= 11 is 0. The molecule has 0 unspecified atom stereocenters. The molecule has 35 heavy (non-hydrogen) atoms. The lowest BCUT2D eigenvalue weighted by atomic mass is 10.1. The van der Waals surface area contributed by atoms with E-state index in [1.807, 2.05) is 6.92 Å². The number of nitrogens with one attached hydrogen (secondary N) is 2. The van der Waals surface area contributed by atoms with Gasteiger partial charge in [-0.05, 0) is 37.4 Å². The number of aromatic nitrogens is 6. The van der Waals surface area contributed by atoms with Crippen LogP contribution in [0.1, 0.15) is 38.0 Å². The van der Waals surface area contributed by atoms with Gasteiger partial charge in [0, 0.05) is 49.4 Å². The Morgan fingerprint density at radius 3 is 3.00 bits per heavy atom. The summed E-state index contributed by atoms with van der Waals surface area (Å²) in [5.41, 5.74) is -0.0756. The first-order valence-electron chi connectivity index (χ1n) is 17.1. The largest absolute Gasteiger partial charge is 0.378 e. The Balaban J connectivity index is 1.46.